The normalized spacial score (nSPS) is 10.7. The Balaban J connectivity index is 1.34. The van der Waals surface area contributed by atoms with Crippen molar-refractivity contribution in [3.8, 4) is 0 Å². The van der Waals surface area contributed by atoms with Gasteiger partial charge in [-0.05, 0) is 61.4 Å². The molecule has 0 aromatic heterocycles. The zero-order valence-electron chi connectivity index (χ0n) is 18.5. The third-order valence-corrected chi connectivity index (χ3v) is 6.22. The van der Waals surface area contributed by atoms with Gasteiger partial charge in [-0.2, -0.15) is 0 Å². The van der Waals surface area contributed by atoms with Crippen molar-refractivity contribution >= 4 is 43.8 Å². The summed E-state index contributed by atoms with van der Waals surface area (Å²) >= 11 is 6.71. The maximum Gasteiger partial charge on any atom is 0.338 e. The molecule has 0 aliphatic heterocycles. The molecule has 0 heterocycles. The Labute approximate surface area is 208 Å². The van der Waals surface area contributed by atoms with Crippen molar-refractivity contribution in [3.63, 3.8) is 0 Å². The zero-order chi connectivity index (χ0) is 23.0. The summed E-state index contributed by atoms with van der Waals surface area (Å²) in [6.45, 7) is 0.975. The zero-order valence-corrected chi connectivity index (χ0v) is 21.7. The van der Waals surface area contributed by atoms with Gasteiger partial charge < -0.3 is 9.47 Å². The maximum absolute atomic E-state index is 11.9. The van der Waals surface area contributed by atoms with Gasteiger partial charge in [0.15, 0.2) is 0 Å². The van der Waals surface area contributed by atoms with E-state index in [0.29, 0.717) is 24.3 Å². The Morgan fingerprint density at radius 1 is 0.500 bits per heavy atom. The van der Waals surface area contributed by atoms with Gasteiger partial charge in [0.25, 0.3) is 0 Å². The van der Waals surface area contributed by atoms with Crippen LogP contribution in [0.4, 0.5) is 0 Å². The average Bonchev–Trinajstić information content (AvgIpc) is 2.80. The van der Waals surface area contributed by atoms with E-state index in [-0.39, 0.29) is 11.9 Å². The monoisotopic (exact) mass is 566 g/mol. The third kappa shape index (κ3) is 11.3. The molecule has 0 saturated carbocycles. The smallest absolute Gasteiger partial charge is 0.338 e. The van der Waals surface area contributed by atoms with Gasteiger partial charge >= 0.3 is 11.9 Å². The van der Waals surface area contributed by atoms with Crippen LogP contribution in [0.5, 0.6) is 0 Å². The fourth-order valence-corrected chi connectivity index (χ4v) is 3.82. The van der Waals surface area contributed by atoms with Crippen molar-refractivity contribution in [1.29, 1.82) is 0 Å². The Bertz CT molecular complexity index is 734. The highest BCUT2D eigenvalue weighted by atomic mass is 79.9. The van der Waals surface area contributed by atoms with Crippen LogP contribution in [-0.4, -0.2) is 25.2 Å². The fraction of sp³-hybridized carbons (Fsp3) is 0.462. The van der Waals surface area contributed by atoms with Crippen molar-refractivity contribution < 1.29 is 19.1 Å². The lowest BCUT2D eigenvalue weighted by molar-refractivity contribution is 0.0488. The second-order valence-electron chi connectivity index (χ2n) is 7.82. The van der Waals surface area contributed by atoms with Gasteiger partial charge in [0.05, 0.1) is 24.3 Å². The molecule has 0 radical (unpaired) electrons. The lowest BCUT2D eigenvalue weighted by Gasteiger charge is -2.06. The van der Waals surface area contributed by atoms with E-state index in [4.69, 9.17) is 9.47 Å². The van der Waals surface area contributed by atoms with Crippen molar-refractivity contribution in [2.45, 2.75) is 64.2 Å². The first kappa shape index (κ1) is 26.6. The minimum atomic E-state index is -0.249. The Kier molecular flexibility index (Phi) is 13.3. The fourth-order valence-electron chi connectivity index (χ4n) is 3.29. The summed E-state index contributed by atoms with van der Waals surface area (Å²) in [6, 6.07) is 14.4. The number of hydrogen-bond donors (Lipinski definition) is 0. The number of carbonyl (C=O) groups excluding carboxylic acids is 2. The maximum atomic E-state index is 11.9. The number of carbonyl (C=O) groups is 2. The van der Waals surface area contributed by atoms with Gasteiger partial charge in [0, 0.05) is 8.95 Å². The van der Waals surface area contributed by atoms with Crippen LogP contribution in [-0.2, 0) is 9.47 Å². The number of hydrogen-bond acceptors (Lipinski definition) is 4. The molecule has 0 aliphatic carbocycles. The quantitative estimate of drug-likeness (QED) is 0.161. The van der Waals surface area contributed by atoms with Crippen LogP contribution >= 0.6 is 31.9 Å². The summed E-state index contributed by atoms with van der Waals surface area (Å²) in [6.07, 6.45) is 11.3. The lowest BCUT2D eigenvalue weighted by atomic mass is 10.1. The summed E-state index contributed by atoms with van der Waals surface area (Å²) in [5.41, 5.74) is 1.19. The van der Waals surface area contributed by atoms with Gasteiger partial charge in [-0.15, -0.1) is 0 Å². The number of rotatable bonds is 15. The lowest BCUT2D eigenvalue weighted by Crippen LogP contribution is -2.06. The van der Waals surface area contributed by atoms with E-state index in [2.05, 4.69) is 31.9 Å². The van der Waals surface area contributed by atoms with E-state index in [1.807, 2.05) is 24.3 Å². The summed E-state index contributed by atoms with van der Waals surface area (Å²) < 4.78 is 12.5. The molecule has 4 nitrogen and oxygen atoms in total. The van der Waals surface area contributed by atoms with Crippen LogP contribution in [0.2, 0.25) is 0 Å². The number of halogens is 2. The summed E-state index contributed by atoms with van der Waals surface area (Å²) in [4.78, 5) is 23.8. The van der Waals surface area contributed by atoms with E-state index >= 15 is 0 Å². The molecular weight excluding hydrogens is 536 g/mol. The van der Waals surface area contributed by atoms with Gasteiger partial charge in [-0.25, -0.2) is 9.59 Å². The molecule has 0 unspecified atom stereocenters. The van der Waals surface area contributed by atoms with Gasteiger partial charge in [0.1, 0.15) is 0 Å². The second-order valence-corrected chi connectivity index (χ2v) is 9.65. The Morgan fingerprint density at radius 2 is 0.781 bits per heavy atom. The van der Waals surface area contributed by atoms with Crippen molar-refractivity contribution in [2.75, 3.05) is 13.2 Å². The highest BCUT2D eigenvalue weighted by molar-refractivity contribution is 9.10. The topological polar surface area (TPSA) is 52.6 Å². The van der Waals surface area contributed by atoms with Crippen molar-refractivity contribution in [3.05, 3.63) is 68.6 Å². The Morgan fingerprint density at radius 3 is 1.09 bits per heavy atom. The molecule has 0 spiro atoms. The summed E-state index contributed by atoms with van der Waals surface area (Å²) in [5.74, 6) is -0.499. The van der Waals surface area contributed by atoms with Gasteiger partial charge in [-0.1, -0.05) is 83.2 Å². The molecule has 0 N–H and O–H groups in total. The molecule has 32 heavy (non-hydrogen) atoms. The van der Waals surface area contributed by atoms with E-state index in [9.17, 15) is 9.59 Å². The molecule has 2 aromatic carbocycles. The van der Waals surface area contributed by atoms with Crippen LogP contribution in [0.1, 0.15) is 84.9 Å². The number of unbranched alkanes of at least 4 members (excludes halogenated alkanes) is 9. The molecule has 6 heteroatoms. The molecule has 2 rings (SSSR count). The highest BCUT2D eigenvalue weighted by Gasteiger charge is 2.07. The summed E-state index contributed by atoms with van der Waals surface area (Å²) in [7, 11) is 0. The van der Waals surface area contributed by atoms with Crippen LogP contribution in [0, 0.1) is 0 Å². The predicted octanol–water partition coefficient (Wildman–Crippen LogP) is 8.13. The first-order chi connectivity index (χ1) is 15.6. The molecule has 0 saturated heterocycles. The largest absolute Gasteiger partial charge is 0.462 e. The number of esters is 2. The van der Waals surface area contributed by atoms with E-state index in [1.165, 1.54) is 38.5 Å². The number of ether oxygens (including phenoxy) is 2. The molecule has 2 aromatic rings. The molecule has 174 valence electrons. The third-order valence-electron chi connectivity index (χ3n) is 5.16. The van der Waals surface area contributed by atoms with Crippen LogP contribution in [0.3, 0.4) is 0 Å². The molecule has 0 atom stereocenters. The Hall–Kier alpha value is -1.66. The van der Waals surface area contributed by atoms with Gasteiger partial charge in [0.2, 0.25) is 0 Å². The minimum absolute atomic E-state index is 0.249. The number of benzene rings is 2. The van der Waals surface area contributed by atoms with E-state index in [0.717, 1.165) is 34.6 Å². The summed E-state index contributed by atoms with van der Waals surface area (Å²) in [5, 5.41) is 0. The van der Waals surface area contributed by atoms with Crippen LogP contribution in [0.15, 0.2) is 57.5 Å². The molecule has 0 aliphatic rings. The van der Waals surface area contributed by atoms with Crippen LogP contribution in [0.25, 0.3) is 0 Å². The van der Waals surface area contributed by atoms with E-state index < -0.39 is 0 Å². The molecule has 0 bridgehead atoms. The van der Waals surface area contributed by atoms with Crippen molar-refractivity contribution in [1.82, 2.24) is 0 Å². The standard InChI is InChI=1S/C26H32Br2O4/c27-23-15-11-21(12-16-23)25(29)31-19-9-7-5-3-1-2-4-6-8-10-20-32-26(30)22-13-17-24(28)18-14-22/h11-18H,1-10,19-20H2. The van der Waals surface area contributed by atoms with Crippen LogP contribution < -0.4 is 0 Å². The predicted molar refractivity (Wildman–Crippen MR) is 135 cm³/mol. The first-order valence-corrected chi connectivity index (χ1v) is 13.0. The highest BCUT2D eigenvalue weighted by Crippen LogP contribution is 2.14. The second kappa shape index (κ2) is 16.0. The molecule has 0 fully saturated rings. The van der Waals surface area contributed by atoms with E-state index in [1.54, 1.807) is 24.3 Å². The van der Waals surface area contributed by atoms with Gasteiger partial charge in [-0.3, -0.25) is 0 Å². The average molecular weight is 568 g/mol. The molecule has 0 amide bonds. The first-order valence-electron chi connectivity index (χ1n) is 11.4. The minimum Gasteiger partial charge on any atom is -0.462 e. The van der Waals surface area contributed by atoms with Crippen molar-refractivity contribution in [2.24, 2.45) is 0 Å². The molecular formula is C26H32Br2O4. The SMILES string of the molecule is O=C(OCCCCCCCCCCCCOC(=O)c1ccc(Br)cc1)c1ccc(Br)cc1.